The predicted molar refractivity (Wildman–Crippen MR) is 98.7 cm³/mol. The molecule has 0 fully saturated rings. The van der Waals surface area contributed by atoms with E-state index >= 15 is 0 Å². The zero-order chi connectivity index (χ0) is 18.3. The summed E-state index contributed by atoms with van der Waals surface area (Å²) in [6.45, 7) is 5.41. The Balaban J connectivity index is 5.92. The molecule has 0 aromatic carbocycles. The van der Waals surface area contributed by atoms with E-state index in [4.69, 9.17) is 107 Å². The molecule has 0 aliphatic heterocycles. The van der Waals surface area contributed by atoms with Gasteiger partial charge in [-0.1, -0.05) is 0 Å². The van der Waals surface area contributed by atoms with Crippen LogP contribution < -0.4 is 0 Å². The predicted octanol–water partition coefficient (Wildman–Crippen LogP) is 8.23. The van der Waals surface area contributed by atoms with E-state index < -0.39 is 24.7 Å². The van der Waals surface area contributed by atoms with Gasteiger partial charge in [-0.05, 0) is 0 Å². The summed E-state index contributed by atoms with van der Waals surface area (Å²) in [5, 5.41) is 0. The third-order valence-electron chi connectivity index (χ3n) is 2.30. The maximum absolute atomic E-state index is 8.73. The number of alkyl halides is 6. The van der Waals surface area contributed by atoms with Gasteiger partial charge in [-0.15, -0.1) is 0 Å². The summed E-state index contributed by atoms with van der Waals surface area (Å²) in [4.78, 5) is 5.75. The third-order valence-corrected chi connectivity index (χ3v) is 8.12. The van der Waals surface area contributed by atoms with Crippen molar-refractivity contribution in [1.82, 2.24) is 0 Å². The fourth-order valence-electron chi connectivity index (χ4n) is 0.957. The first kappa shape index (κ1) is 24.0. The van der Waals surface area contributed by atoms with Gasteiger partial charge < -0.3 is 0 Å². The van der Waals surface area contributed by atoms with Gasteiger partial charge in [0.1, 0.15) is 0 Å². The monoisotopic (exact) mass is 493 g/mol. The van der Waals surface area contributed by atoms with Crippen molar-refractivity contribution in [2.75, 3.05) is 0 Å². The minimum absolute atomic E-state index is 1.35. The summed E-state index contributed by atoms with van der Waals surface area (Å²) in [7, 11) is 0. The van der Waals surface area contributed by atoms with Crippen molar-refractivity contribution in [2.24, 2.45) is 4.88 Å². The molecule has 0 rings (SSSR count). The van der Waals surface area contributed by atoms with Crippen molar-refractivity contribution >= 4 is 98.0 Å². The molecule has 0 aliphatic rings. The van der Waals surface area contributed by atoms with E-state index in [1.54, 1.807) is 0 Å². The molecule has 0 atom stereocenters. The van der Waals surface area contributed by atoms with Crippen molar-refractivity contribution in [3.63, 3.8) is 0 Å². The topological polar surface area (TPSA) is 67.2 Å². The van der Waals surface area contributed by atoms with Crippen molar-refractivity contribution in [2.45, 2.75) is 46.5 Å². The molecule has 0 radical (unpaired) electrons. The number of nitrogens with zero attached hydrogens (tertiary/aromatic N) is 3. The van der Waals surface area contributed by atoms with Crippen molar-refractivity contribution < 1.29 is 9.05 Å². The zero-order valence-electron chi connectivity index (χ0n) is 11.6. The van der Waals surface area contributed by atoms with Crippen LogP contribution in [0.2, 0.25) is 0 Å². The number of halogens is 8. The van der Waals surface area contributed by atoms with Gasteiger partial charge in [0.25, 0.3) is 0 Å². The summed E-state index contributed by atoms with van der Waals surface area (Å²) in [5.41, 5.74) is 5.53. The Morgan fingerprint density at radius 3 is 1.27 bits per heavy atom. The van der Waals surface area contributed by atoms with Crippen LogP contribution in [0.15, 0.2) is 4.88 Å². The molecule has 5 nitrogen and oxygen atoms in total. The summed E-state index contributed by atoms with van der Waals surface area (Å²) in [6, 6.07) is 0. The summed E-state index contributed by atoms with van der Waals surface area (Å²) in [5.74, 6) is -5.08. The summed E-state index contributed by atoms with van der Waals surface area (Å²) >= 11 is 47.1. The number of hydrogen-bond acceptors (Lipinski definition) is 3. The Hall–Kier alpha value is 1.98. The fourth-order valence-corrected chi connectivity index (χ4v) is 5.74. The van der Waals surface area contributed by atoms with Crippen LogP contribution in [0.4, 0.5) is 0 Å². The molecule has 0 N–H and O–H groups in total. The number of rotatable bonds is 5. The molecule has 132 valence electrons. The average Bonchev–Trinajstić information content (AvgIpc) is 2.09. The van der Waals surface area contributed by atoms with Gasteiger partial charge >= 0.3 is 169 Å². The second-order valence-electron chi connectivity index (χ2n) is 5.11. The molecule has 0 aliphatic carbocycles. The number of hydrogen-bond donors (Lipinski definition) is 0. The molecule has 0 spiro atoms. The van der Waals surface area contributed by atoms with Gasteiger partial charge in [0, 0.05) is 0 Å². The molecule has 0 saturated heterocycles. The zero-order valence-corrected chi connectivity index (χ0v) is 18.6. The average molecular weight is 497 g/mol. The Kier molecular flexibility index (Phi) is 7.57. The van der Waals surface area contributed by atoms with Crippen LogP contribution in [0.5, 0.6) is 0 Å². The van der Waals surface area contributed by atoms with Crippen molar-refractivity contribution in [3.05, 3.63) is 10.4 Å². The van der Waals surface area contributed by atoms with Crippen LogP contribution in [0.25, 0.3) is 10.4 Å². The molecular formula is C8H12Cl8N3O2P. The van der Waals surface area contributed by atoms with Crippen LogP contribution in [-0.4, -0.2) is 18.8 Å². The van der Waals surface area contributed by atoms with Gasteiger partial charge in [-0.25, -0.2) is 0 Å². The second-order valence-corrected chi connectivity index (χ2v) is 15.8. The maximum atomic E-state index is 8.73. The fraction of sp³-hybridized carbons (Fsp3) is 1.00. The van der Waals surface area contributed by atoms with Crippen molar-refractivity contribution in [1.29, 1.82) is 0 Å². The van der Waals surface area contributed by atoms with Crippen LogP contribution in [-0.2, 0) is 9.05 Å². The molecule has 0 aromatic rings. The van der Waals surface area contributed by atoms with Gasteiger partial charge in [0.15, 0.2) is 0 Å². The quantitative estimate of drug-likeness (QED) is 0.126. The standard InChI is InChI=1S/C8H12Cl8N3O2P/c1-5(2,7(9,10)11)20-22(15,16,19-18-17)21-6(3,4)8(12,13)14/h1-4H3. The molecular weight excluding hydrogens is 485 g/mol. The summed E-state index contributed by atoms with van der Waals surface area (Å²) < 4.78 is 6.84. The number of azide groups is 1. The van der Waals surface area contributed by atoms with E-state index in [9.17, 15) is 0 Å². The SMILES string of the molecule is CC(C)(OP(Cl)(Cl)(N=[N+]=[N-])OC(C)(C)C(Cl)(Cl)Cl)C(Cl)(Cl)Cl. The normalized spacial score (nSPS) is 16.6. The Morgan fingerprint density at radius 2 is 1.09 bits per heavy atom. The minimum atomic E-state index is -5.08. The van der Waals surface area contributed by atoms with E-state index in [1.807, 2.05) is 0 Å². The Morgan fingerprint density at radius 1 is 0.818 bits per heavy atom. The van der Waals surface area contributed by atoms with E-state index in [1.165, 1.54) is 27.7 Å². The molecule has 0 bridgehead atoms. The molecule has 0 unspecified atom stereocenters. The van der Waals surface area contributed by atoms with Gasteiger partial charge in [-0.3, -0.25) is 0 Å². The van der Waals surface area contributed by atoms with E-state index in [-0.39, 0.29) is 0 Å². The van der Waals surface area contributed by atoms with Crippen LogP contribution in [0, 0.1) is 0 Å². The van der Waals surface area contributed by atoms with Gasteiger partial charge in [0.2, 0.25) is 0 Å². The molecule has 14 heteroatoms. The van der Waals surface area contributed by atoms with Crippen LogP contribution in [0.1, 0.15) is 27.7 Å². The van der Waals surface area contributed by atoms with E-state index in [0.29, 0.717) is 0 Å². The van der Waals surface area contributed by atoms with E-state index in [2.05, 4.69) is 9.80 Å². The second kappa shape index (κ2) is 6.95. The van der Waals surface area contributed by atoms with Crippen LogP contribution >= 0.6 is 98.0 Å². The summed E-state index contributed by atoms with van der Waals surface area (Å²) in [6.07, 6.45) is 0. The van der Waals surface area contributed by atoms with Crippen molar-refractivity contribution in [3.8, 4) is 0 Å². The first-order chi connectivity index (χ1) is 9.26. The third kappa shape index (κ3) is 6.37. The van der Waals surface area contributed by atoms with Crippen LogP contribution in [0.3, 0.4) is 0 Å². The van der Waals surface area contributed by atoms with Gasteiger partial charge in [-0.2, -0.15) is 0 Å². The Bertz CT molecular complexity index is 449. The molecule has 0 amide bonds. The first-order valence-electron chi connectivity index (χ1n) is 5.35. The molecule has 0 heterocycles. The first-order valence-corrected chi connectivity index (χ1v) is 11.4. The van der Waals surface area contributed by atoms with E-state index in [0.717, 1.165) is 0 Å². The van der Waals surface area contributed by atoms with Gasteiger partial charge in [0.05, 0.1) is 0 Å². The Labute approximate surface area is 168 Å². The molecule has 0 saturated carbocycles. The molecule has 22 heavy (non-hydrogen) atoms. The molecule has 0 aromatic heterocycles.